The number of hydrogen-bond acceptors (Lipinski definition) is 5. The maximum atomic E-state index is 15.5. The molecule has 1 aliphatic heterocycles. The Morgan fingerprint density at radius 2 is 1.78 bits per heavy atom. The van der Waals surface area contributed by atoms with Crippen LogP contribution in [0.25, 0.3) is 0 Å². The van der Waals surface area contributed by atoms with Gasteiger partial charge in [-0.3, -0.25) is 4.79 Å². The number of fused-ring (bicyclic) bond motifs is 1. The van der Waals surface area contributed by atoms with E-state index in [-0.39, 0.29) is 40.2 Å². The van der Waals surface area contributed by atoms with Crippen LogP contribution in [0.3, 0.4) is 0 Å². The van der Waals surface area contributed by atoms with Gasteiger partial charge in [0.05, 0.1) is 17.3 Å². The van der Waals surface area contributed by atoms with Gasteiger partial charge in [-0.25, -0.2) is 4.39 Å². The molecule has 0 spiro atoms. The van der Waals surface area contributed by atoms with Crippen molar-refractivity contribution >= 4 is 17.2 Å². The lowest BCUT2D eigenvalue weighted by Crippen LogP contribution is -2.31. The maximum absolute atomic E-state index is 15.5. The second-order valence-corrected chi connectivity index (χ2v) is 9.90. The van der Waals surface area contributed by atoms with E-state index in [0.29, 0.717) is 29.1 Å². The van der Waals surface area contributed by atoms with Crippen molar-refractivity contribution in [2.45, 2.75) is 38.8 Å². The molecule has 36 heavy (non-hydrogen) atoms. The quantitative estimate of drug-likeness (QED) is 0.345. The van der Waals surface area contributed by atoms with E-state index in [9.17, 15) is 18.7 Å². The number of Topliss-reactive ketones (excluding diaryl/α,β-unsaturated/α-hetero) is 1. The van der Waals surface area contributed by atoms with Crippen molar-refractivity contribution in [1.82, 2.24) is 0 Å². The molecule has 0 amide bonds. The second-order valence-electron chi connectivity index (χ2n) is 9.90. The Balaban J connectivity index is 1.55. The minimum Gasteiger partial charge on any atom is -0.506 e. The van der Waals surface area contributed by atoms with Crippen molar-refractivity contribution < 1.29 is 27.8 Å². The Labute approximate surface area is 206 Å². The molecule has 5 nitrogen and oxygen atoms in total. The molecule has 3 aromatic carbocycles. The van der Waals surface area contributed by atoms with Crippen molar-refractivity contribution in [2.75, 3.05) is 10.6 Å². The molecule has 1 heterocycles. The molecule has 8 heteroatoms. The molecule has 1 aliphatic carbocycles. The van der Waals surface area contributed by atoms with E-state index >= 15 is 4.39 Å². The Morgan fingerprint density at radius 1 is 1.03 bits per heavy atom. The number of rotatable bonds is 4. The predicted octanol–water partition coefficient (Wildman–Crippen LogP) is 6.88. The zero-order valence-corrected chi connectivity index (χ0v) is 19.7. The summed E-state index contributed by atoms with van der Waals surface area (Å²) in [7, 11) is 0. The van der Waals surface area contributed by atoms with E-state index in [4.69, 9.17) is 4.74 Å². The molecule has 0 fully saturated rings. The molecule has 3 aromatic rings. The summed E-state index contributed by atoms with van der Waals surface area (Å²) in [6.45, 7) is 3.93. The monoisotopic (exact) mass is 494 g/mol. The first kappa shape index (κ1) is 23.8. The van der Waals surface area contributed by atoms with Gasteiger partial charge in [0, 0.05) is 29.3 Å². The van der Waals surface area contributed by atoms with E-state index in [1.54, 1.807) is 18.2 Å². The molecule has 1 unspecified atom stereocenters. The molecular weight excluding hydrogens is 469 g/mol. The number of halogens is 3. The second kappa shape index (κ2) is 8.62. The minimum absolute atomic E-state index is 0.0179. The van der Waals surface area contributed by atoms with Gasteiger partial charge >= 0.3 is 6.11 Å². The number of hydrogen-bond donors (Lipinski definition) is 3. The molecule has 0 saturated heterocycles. The highest BCUT2D eigenvalue weighted by Crippen LogP contribution is 2.48. The summed E-state index contributed by atoms with van der Waals surface area (Å²) in [4.78, 5) is 13.3. The molecule has 1 atom stereocenters. The highest BCUT2D eigenvalue weighted by atomic mass is 19.3. The standard InChI is InChI=1S/C28H25F3N2O3/c1-27(2)14-21-24(23(35)15-27)25(32-20-9-6-10-22(34)26(20)33-21)18-12-11-17(13-19(18)29)36-28(30,31)16-7-4-3-5-8-16/h3-13,25,32-34H,14-15H2,1-2H3. The van der Waals surface area contributed by atoms with Gasteiger partial charge in [0.2, 0.25) is 0 Å². The van der Waals surface area contributed by atoms with Gasteiger partial charge in [-0.1, -0.05) is 38.1 Å². The summed E-state index contributed by atoms with van der Waals surface area (Å²) in [6, 6.07) is 14.4. The number of carbonyl (C=O) groups is 1. The van der Waals surface area contributed by atoms with E-state index in [1.165, 1.54) is 42.5 Å². The molecule has 186 valence electrons. The van der Waals surface area contributed by atoms with E-state index in [2.05, 4.69) is 10.6 Å². The van der Waals surface area contributed by atoms with Crippen LogP contribution in [-0.4, -0.2) is 10.9 Å². The molecule has 0 saturated carbocycles. The molecule has 2 aliphatic rings. The van der Waals surface area contributed by atoms with Crippen molar-refractivity contribution in [1.29, 1.82) is 0 Å². The fourth-order valence-corrected chi connectivity index (χ4v) is 4.83. The number of aromatic hydroxyl groups is 1. The fourth-order valence-electron chi connectivity index (χ4n) is 4.83. The van der Waals surface area contributed by atoms with Crippen LogP contribution in [0.1, 0.15) is 43.9 Å². The molecule has 0 aromatic heterocycles. The van der Waals surface area contributed by atoms with Crippen molar-refractivity contribution in [3.8, 4) is 11.5 Å². The van der Waals surface area contributed by atoms with Crippen molar-refractivity contribution in [2.24, 2.45) is 5.41 Å². The smallest absolute Gasteiger partial charge is 0.426 e. The SMILES string of the molecule is CC1(C)CC(=O)C2=C(C1)Nc1c(O)cccc1NC2c1ccc(OC(F)(F)c2ccccc2)cc1F. The number of ketones is 1. The van der Waals surface area contributed by atoms with E-state index in [1.807, 2.05) is 13.8 Å². The van der Waals surface area contributed by atoms with E-state index in [0.717, 1.165) is 6.07 Å². The van der Waals surface area contributed by atoms with Crippen LogP contribution in [0, 0.1) is 11.2 Å². The number of phenolic OH excluding ortho intramolecular Hbond substituents is 1. The van der Waals surface area contributed by atoms with Crippen LogP contribution >= 0.6 is 0 Å². The summed E-state index contributed by atoms with van der Waals surface area (Å²) in [5, 5.41) is 16.8. The lowest BCUT2D eigenvalue weighted by Gasteiger charge is -2.34. The molecular formula is C28H25F3N2O3. The van der Waals surface area contributed by atoms with Crippen LogP contribution in [0.4, 0.5) is 24.5 Å². The zero-order chi connectivity index (χ0) is 25.7. The lowest BCUT2D eigenvalue weighted by atomic mass is 9.73. The summed E-state index contributed by atoms with van der Waals surface area (Å²) in [5.74, 6) is -1.33. The minimum atomic E-state index is -3.66. The number of para-hydroxylation sites is 1. The molecule has 3 N–H and O–H groups in total. The topological polar surface area (TPSA) is 70.6 Å². The number of ether oxygens (including phenoxy) is 1. The first-order chi connectivity index (χ1) is 17.0. The molecule has 0 radical (unpaired) electrons. The number of nitrogens with one attached hydrogen (secondary N) is 2. The van der Waals surface area contributed by atoms with Gasteiger partial charge < -0.3 is 20.5 Å². The van der Waals surface area contributed by atoms with Gasteiger partial charge in [0.25, 0.3) is 0 Å². The third kappa shape index (κ3) is 4.39. The zero-order valence-electron chi connectivity index (χ0n) is 19.7. The number of anilines is 2. The van der Waals surface area contributed by atoms with Gasteiger partial charge in [-0.15, -0.1) is 0 Å². The fraction of sp³-hybridized carbons (Fsp3) is 0.250. The summed E-state index contributed by atoms with van der Waals surface area (Å²) in [5.41, 5.74) is 1.23. The van der Waals surface area contributed by atoms with Crippen LogP contribution in [0.5, 0.6) is 11.5 Å². The molecule has 0 bridgehead atoms. The highest BCUT2D eigenvalue weighted by molar-refractivity contribution is 6.01. The largest absolute Gasteiger partial charge is 0.506 e. The van der Waals surface area contributed by atoms with E-state index < -0.39 is 18.0 Å². The summed E-state index contributed by atoms with van der Waals surface area (Å²) >= 11 is 0. The Kier molecular flexibility index (Phi) is 5.70. The van der Waals surface area contributed by atoms with Gasteiger partial charge in [0.1, 0.15) is 23.0 Å². The van der Waals surface area contributed by atoms with Crippen molar-refractivity contribution in [3.63, 3.8) is 0 Å². The Morgan fingerprint density at radius 3 is 2.50 bits per heavy atom. The third-order valence-corrected chi connectivity index (χ3v) is 6.47. The van der Waals surface area contributed by atoms with Gasteiger partial charge in [-0.2, -0.15) is 8.78 Å². The summed E-state index contributed by atoms with van der Waals surface area (Å²) in [6.07, 6.45) is -2.89. The maximum Gasteiger partial charge on any atom is 0.426 e. The molecule has 5 rings (SSSR count). The average Bonchev–Trinajstić information content (AvgIpc) is 2.96. The first-order valence-corrected chi connectivity index (χ1v) is 11.6. The number of benzene rings is 3. The number of phenols is 1. The third-order valence-electron chi connectivity index (χ3n) is 6.47. The average molecular weight is 495 g/mol. The predicted molar refractivity (Wildman–Crippen MR) is 131 cm³/mol. The first-order valence-electron chi connectivity index (χ1n) is 11.6. The number of carbonyl (C=O) groups excluding carboxylic acids is 1. The highest BCUT2D eigenvalue weighted by Gasteiger charge is 2.40. The van der Waals surface area contributed by atoms with Crippen LogP contribution < -0.4 is 15.4 Å². The normalized spacial score (nSPS) is 18.9. The van der Waals surface area contributed by atoms with Gasteiger partial charge in [-0.05, 0) is 48.2 Å². The van der Waals surface area contributed by atoms with Crippen LogP contribution in [0.15, 0.2) is 78.0 Å². The Bertz CT molecular complexity index is 1370. The number of alkyl halides is 2. The Hall–Kier alpha value is -3.94. The van der Waals surface area contributed by atoms with Gasteiger partial charge in [0.15, 0.2) is 5.78 Å². The van der Waals surface area contributed by atoms with Crippen LogP contribution in [0.2, 0.25) is 0 Å². The number of allylic oxidation sites excluding steroid dienone is 1. The van der Waals surface area contributed by atoms with Crippen molar-refractivity contribution in [3.05, 3.63) is 94.9 Å². The lowest BCUT2D eigenvalue weighted by molar-refractivity contribution is -0.185. The van der Waals surface area contributed by atoms with Crippen LogP contribution in [-0.2, 0) is 10.9 Å². The summed E-state index contributed by atoms with van der Waals surface area (Å²) < 4.78 is 49.5.